The molecule has 0 aliphatic carbocycles. The molecule has 2 aromatic carbocycles. The fourth-order valence-electron chi connectivity index (χ4n) is 1.88. The summed E-state index contributed by atoms with van der Waals surface area (Å²) in [6, 6.07) is 12.6. The lowest BCUT2D eigenvalue weighted by atomic mass is 10.0. The summed E-state index contributed by atoms with van der Waals surface area (Å²) in [5, 5.41) is 3.18. The van der Waals surface area contributed by atoms with E-state index in [0.717, 1.165) is 0 Å². The Labute approximate surface area is 123 Å². The van der Waals surface area contributed by atoms with E-state index in [-0.39, 0.29) is 5.91 Å². The highest BCUT2D eigenvalue weighted by molar-refractivity contribution is 6.34. The number of nitrogens with two attached hydrogens (primary N) is 1. The molecular weight excluding hydrogens is 272 g/mol. The molecule has 0 aromatic heterocycles. The summed E-state index contributed by atoms with van der Waals surface area (Å²) in [6.45, 7) is 4.22. The van der Waals surface area contributed by atoms with Gasteiger partial charge in [0.05, 0.1) is 16.4 Å². The maximum absolute atomic E-state index is 12.2. The maximum Gasteiger partial charge on any atom is 0.255 e. The van der Waals surface area contributed by atoms with E-state index in [4.69, 9.17) is 17.3 Å². The van der Waals surface area contributed by atoms with Gasteiger partial charge in [0.25, 0.3) is 5.91 Å². The van der Waals surface area contributed by atoms with Crippen LogP contribution >= 0.6 is 11.6 Å². The van der Waals surface area contributed by atoms with Crippen LogP contribution in [-0.4, -0.2) is 5.91 Å². The van der Waals surface area contributed by atoms with E-state index in [0.29, 0.717) is 27.9 Å². The highest BCUT2D eigenvalue weighted by Crippen LogP contribution is 2.28. The van der Waals surface area contributed by atoms with Crippen LogP contribution in [0.5, 0.6) is 0 Å². The largest absolute Gasteiger partial charge is 0.397 e. The minimum atomic E-state index is -0.222. The second-order valence-electron chi connectivity index (χ2n) is 4.93. The molecule has 104 valence electrons. The quantitative estimate of drug-likeness (QED) is 0.828. The van der Waals surface area contributed by atoms with Crippen molar-refractivity contribution in [2.24, 2.45) is 0 Å². The number of halogens is 1. The number of rotatable bonds is 3. The molecule has 0 aliphatic heterocycles. The SMILES string of the molecule is CC(C)c1ccc(C(=O)Nc2c(N)cccc2Cl)cc1. The molecule has 2 rings (SSSR count). The second kappa shape index (κ2) is 5.97. The highest BCUT2D eigenvalue weighted by atomic mass is 35.5. The van der Waals surface area contributed by atoms with Crippen molar-refractivity contribution in [3.8, 4) is 0 Å². The Morgan fingerprint density at radius 3 is 2.35 bits per heavy atom. The van der Waals surface area contributed by atoms with Gasteiger partial charge in [0, 0.05) is 5.56 Å². The molecule has 0 bridgehead atoms. The average Bonchev–Trinajstić information content (AvgIpc) is 2.43. The van der Waals surface area contributed by atoms with Crippen LogP contribution in [0.25, 0.3) is 0 Å². The van der Waals surface area contributed by atoms with Gasteiger partial charge in [0.2, 0.25) is 0 Å². The van der Waals surface area contributed by atoms with Gasteiger partial charge < -0.3 is 11.1 Å². The van der Waals surface area contributed by atoms with E-state index in [1.807, 2.05) is 12.1 Å². The third kappa shape index (κ3) is 3.11. The number of carbonyl (C=O) groups excluding carboxylic acids is 1. The zero-order valence-electron chi connectivity index (χ0n) is 11.5. The fraction of sp³-hybridized carbons (Fsp3) is 0.188. The fourth-order valence-corrected chi connectivity index (χ4v) is 2.11. The first-order valence-electron chi connectivity index (χ1n) is 6.44. The molecule has 20 heavy (non-hydrogen) atoms. The zero-order valence-corrected chi connectivity index (χ0v) is 12.2. The van der Waals surface area contributed by atoms with Gasteiger partial charge in [-0.15, -0.1) is 0 Å². The molecule has 0 spiro atoms. The lowest BCUT2D eigenvalue weighted by Gasteiger charge is -2.11. The van der Waals surface area contributed by atoms with E-state index in [1.165, 1.54) is 5.56 Å². The van der Waals surface area contributed by atoms with Gasteiger partial charge in [-0.1, -0.05) is 43.6 Å². The summed E-state index contributed by atoms with van der Waals surface area (Å²) < 4.78 is 0. The van der Waals surface area contributed by atoms with Gasteiger partial charge >= 0.3 is 0 Å². The minimum absolute atomic E-state index is 0.222. The first-order chi connectivity index (χ1) is 9.49. The van der Waals surface area contributed by atoms with Crippen LogP contribution < -0.4 is 11.1 Å². The summed E-state index contributed by atoms with van der Waals surface area (Å²) in [7, 11) is 0. The van der Waals surface area contributed by atoms with E-state index < -0.39 is 0 Å². The number of anilines is 2. The van der Waals surface area contributed by atoms with Crippen molar-refractivity contribution in [1.82, 2.24) is 0 Å². The van der Waals surface area contributed by atoms with Crippen LogP contribution in [-0.2, 0) is 0 Å². The first kappa shape index (κ1) is 14.4. The van der Waals surface area contributed by atoms with Crippen LogP contribution in [0, 0.1) is 0 Å². The molecule has 1 amide bonds. The van der Waals surface area contributed by atoms with Gasteiger partial charge in [-0.25, -0.2) is 0 Å². The number of benzene rings is 2. The number of nitrogen functional groups attached to an aromatic ring is 1. The zero-order chi connectivity index (χ0) is 14.7. The van der Waals surface area contributed by atoms with Crippen LogP contribution in [0.1, 0.15) is 35.7 Å². The molecule has 0 heterocycles. The smallest absolute Gasteiger partial charge is 0.255 e. The van der Waals surface area contributed by atoms with Crippen molar-refractivity contribution in [3.63, 3.8) is 0 Å². The Morgan fingerprint density at radius 1 is 1.15 bits per heavy atom. The van der Waals surface area contributed by atoms with Crippen LogP contribution in [0.15, 0.2) is 42.5 Å². The second-order valence-corrected chi connectivity index (χ2v) is 5.34. The lowest BCUT2D eigenvalue weighted by Crippen LogP contribution is -2.13. The predicted molar refractivity (Wildman–Crippen MR) is 84.3 cm³/mol. The molecule has 0 aliphatic rings. The number of nitrogens with one attached hydrogen (secondary N) is 1. The Morgan fingerprint density at radius 2 is 1.80 bits per heavy atom. The summed E-state index contributed by atoms with van der Waals surface area (Å²) in [5.74, 6) is 0.214. The van der Waals surface area contributed by atoms with Crippen LogP contribution in [0.4, 0.5) is 11.4 Å². The molecular formula is C16H17ClN2O. The minimum Gasteiger partial charge on any atom is -0.397 e. The first-order valence-corrected chi connectivity index (χ1v) is 6.82. The molecule has 0 atom stereocenters. The topological polar surface area (TPSA) is 55.1 Å². The third-order valence-electron chi connectivity index (χ3n) is 3.12. The van der Waals surface area contributed by atoms with Gasteiger partial charge in [-0.2, -0.15) is 0 Å². The lowest BCUT2D eigenvalue weighted by molar-refractivity contribution is 0.102. The highest BCUT2D eigenvalue weighted by Gasteiger charge is 2.11. The number of amides is 1. The third-order valence-corrected chi connectivity index (χ3v) is 3.44. The number of para-hydroxylation sites is 1. The number of hydrogen-bond donors (Lipinski definition) is 2. The molecule has 3 N–H and O–H groups in total. The summed E-state index contributed by atoms with van der Waals surface area (Å²) in [6.07, 6.45) is 0. The Bertz CT molecular complexity index is 601. The molecule has 0 unspecified atom stereocenters. The van der Waals surface area contributed by atoms with E-state index in [9.17, 15) is 4.79 Å². The van der Waals surface area contributed by atoms with Crippen LogP contribution in [0.3, 0.4) is 0 Å². The molecule has 2 aromatic rings. The Hall–Kier alpha value is -2.00. The van der Waals surface area contributed by atoms with Gasteiger partial charge in [-0.05, 0) is 35.7 Å². The van der Waals surface area contributed by atoms with E-state index in [2.05, 4.69) is 19.2 Å². The monoisotopic (exact) mass is 288 g/mol. The Balaban J connectivity index is 2.20. The van der Waals surface area contributed by atoms with Crippen molar-refractivity contribution in [3.05, 3.63) is 58.6 Å². The molecule has 0 fully saturated rings. The number of hydrogen-bond acceptors (Lipinski definition) is 2. The summed E-state index contributed by atoms with van der Waals surface area (Å²) >= 11 is 6.03. The standard InChI is InChI=1S/C16H17ClN2O/c1-10(2)11-6-8-12(9-7-11)16(20)19-15-13(17)4-3-5-14(15)18/h3-10H,18H2,1-2H3,(H,19,20). The maximum atomic E-state index is 12.2. The normalized spacial score (nSPS) is 10.6. The molecule has 0 saturated carbocycles. The molecule has 3 nitrogen and oxygen atoms in total. The van der Waals surface area contributed by atoms with Crippen molar-refractivity contribution in [2.45, 2.75) is 19.8 Å². The summed E-state index contributed by atoms with van der Waals surface area (Å²) in [4.78, 5) is 12.2. The van der Waals surface area contributed by atoms with E-state index >= 15 is 0 Å². The van der Waals surface area contributed by atoms with Crippen LogP contribution in [0.2, 0.25) is 5.02 Å². The number of carbonyl (C=O) groups is 1. The predicted octanol–water partition coefficient (Wildman–Crippen LogP) is 4.30. The Kier molecular flexibility index (Phi) is 4.30. The molecule has 0 radical (unpaired) electrons. The average molecular weight is 289 g/mol. The molecule has 0 saturated heterocycles. The van der Waals surface area contributed by atoms with E-state index in [1.54, 1.807) is 30.3 Å². The summed E-state index contributed by atoms with van der Waals surface area (Å²) in [5.41, 5.74) is 8.48. The van der Waals surface area contributed by atoms with Gasteiger partial charge in [-0.3, -0.25) is 4.79 Å². The van der Waals surface area contributed by atoms with Crippen molar-refractivity contribution < 1.29 is 4.79 Å². The van der Waals surface area contributed by atoms with Crippen molar-refractivity contribution in [2.75, 3.05) is 11.1 Å². The van der Waals surface area contributed by atoms with Gasteiger partial charge in [0.15, 0.2) is 0 Å². The molecule has 4 heteroatoms. The van der Waals surface area contributed by atoms with Crippen molar-refractivity contribution >= 4 is 28.9 Å². The van der Waals surface area contributed by atoms with Crippen molar-refractivity contribution in [1.29, 1.82) is 0 Å². The van der Waals surface area contributed by atoms with Gasteiger partial charge in [0.1, 0.15) is 0 Å².